The van der Waals surface area contributed by atoms with E-state index in [1.807, 2.05) is 45.9 Å². The molecule has 0 amide bonds. The molecule has 0 fully saturated rings. The standard InChI is InChI=1S/C14H20O2/c1-5-13(16-6-2)14(15)12-9-7-8-10(3)11(12)4/h7-9,13H,5-6H2,1-4H3. The van der Waals surface area contributed by atoms with Gasteiger partial charge in [0.1, 0.15) is 6.10 Å². The number of benzene rings is 1. The summed E-state index contributed by atoms with van der Waals surface area (Å²) in [5.41, 5.74) is 3.00. The second-order valence-corrected chi connectivity index (χ2v) is 3.96. The third-order valence-corrected chi connectivity index (χ3v) is 2.90. The predicted molar refractivity (Wildman–Crippen MR) is 66.0 cm³/mol. The molecule has 0 bridgehead atoms. The van der Waals surface area contributed by atoms with Gasteiger partial charge in [-0.2, -0.15) is 0 Å². The van der Waals surface area contributed by atoms with Gasteiger partial charge in [-0.1, -0.05) is 25.1 Å². The molecular formula is C14H20O2. The molecule has 0 aliphatic heterocycles. The third kappa shape index (κ3) is 2.70. The Hall–Kier alpha value is -1.15. The Morgan fingerprint density at radius 1 is 1.31 bits per heavy atom. The van der Waals surface area contributed by atoms with Crippen molar-refractivity contribution in [3.8, 4) is 0 Å². The number of ketones is 1. The molecule has 0 heterocycles. The normalized spacial score (nSPS) is 12.5. The highest BCUT2D eigenvalue weighted by molar-refractivity contribution is 6.00. The molecule has 0 aromatic heterocycles. The summed E-state index contributed by atoms with van der Waals surface area (Å²) in [4.78, 5) is 12.2. The average molecular weight is 220 g/mol. The molecule has 0 saturated heterocycles. The zero-order valence-electron chi connectivity index (χ0n) is 10.5. The van der Waals surface area contributed by atoms with Crippen LogP contribution < -0.4 is 0 Å². The van der Waals surface area contributed by atoms with E-state index in [0.29, 0.717) is 6.61 Å². The fourth-order valence-corrected chi connectivity index (χ4v) is 1.77. The maximum atomic E-state index is 12.2. The van der Waals surface area contributed by atoms with E-state index in [4.69, 9.17) is 4.74 Å². The van der Waals surface area contributed by atoms with Crippen molar-refractivity contribution in [3.05, 3.63) is 34.9 Å². The zero-order valence-corrected chi connectivity index (χ0v) is 10.5. The van der Waals surface area contributed by atoms with Crippen molar-refractivity contribution >= 4 is 5.78 Å². The van der Waals surface area contributed by atoms with Crippen LogP contribution in [0.1, 0.15) is 41.8 Å². The predicted octanol–water partition coefficient (Wildman–Crippen LogP) is 3.30. The fraction of sp³-hybridized carbons (Fsp3) is 0.500. The van der Waals surface area contributed by atoms with Crippen LogP contribution in [0, 0.1) is 13.8 Å². The molecule has 0 aliphatic rings. The van der Waals surface area contributed by atoms with Crippen molar-refractivity contribution in [2.24, 2.45) is 0 Å². The van der Waals surface area contributed by atoms with Gasteiger partial charge < -0.3 is 4.74 Å². The van der Waals surface area contributed by atoms with Gasteiger partial charge in [0.2, 0.25) is 0 Å². The molecule has 0 radical (unpaired) electrons. The van der Waals surface area contributed by atoms with Crippen molar-refractivity contribution in [3.63, 3.8) is 0 Å². The molecule has 1 atom stereocenters. The van der Waals surface area contributed by atoms with Crippen LogP contribution >= 0.6 is 0 Å². The minimum absolute atomic E-state index is 0.102. The Morgan fingerprint density at radius 3 is 2.56 bits per heavy atom. The lowest BCUT2D eigenvalue weighted by Crippen LogP contribution is -2.24. The smallest absolute Gasteiger partial charge is 0.191 e. The van der Waals surface area contributed by atoms with E-state index in [1.165, 1.54) is 0 Å². The Bertz CT molecular complexity index is 369. The molecule has 1 rings (SSSR count). The van der Waals surface area contributed by atoms with Crippen LogP contribution in [0.2, 0.25) is 0 Å². The van der Waals surface area contributed by atoms with Crippen molar-refractivity contribution < 1.29 is 9.53 Å². The van der Waals surface area contributed by atoms with Crippen LogP contribution in [-0.2, 0) is 4.74 Å². The fourth-order valence-electron chi connectivity index (χ4n) is 1.77. The molecule has 0 N–H and O–H groups in total. The molecule has 1 unspecified atom stereocenters. The van der Waals surface area contributed by atoms with Crippen molar-refractivity contribution in [2.45, 2.75) is 40.2 Å². The number of carbonyl (C=O) groups excluding carboxylic acids is 1. The maximum absolute atomic E-state index is 12.2. The monoisotopic (exact) mass is 220 g/mol. The van der Waals surface area contributed by atoms with Gasteiger partial charge in [-0.3, -0.25) is 4.79 Å². The second kappa shape index (κ2) is 5.80. The number of hydrogen-bond donors (Lipinski definition) is 0. The van der Waals surface area contributed by atoms with Crippen molar-refractivity contribution in [1.29, 1.82) is 0 Å². The summed E-state index contributed by atoms with van der Waals surface area (Å²) in [6.45, 7) is 8.48. The minimum Gasteiger partial charge on any atom is -0.370 e. The minimum atomic E-state index is -0.300. The summed E-state index contributed by atoms with van der Waals surface area (Å²) in [7, 11) is 0. The Balaban J connectivity index is 2.99. The van der Waals surface area contributed by atoms with Crippen LogP contribution in [-0.4, -0.2) is 18.5 Å². The molecule has 16 heavy (non-hydrogen) atoms. The van der Waals surface area contributed by atoms with Crippen LogP contribution in [0.3, 0.4) is 0 Å². The largest absolute Gasteiger partial charge is 0.370 e. The molecule has 88 valence electrons. The second-order valence-electron chi connectivity index (χ2n) is 3.96. The molecular weight excluding hydrogens is 200 g/mol. The van der Waals surface area contributed by atoms with Crippen LogP contribution in [0.25, 0.3) is 0 Å². The van der Waals surface area contributed by atoms with Gasteiger partial charge in [-0.15, -0.1) is 0 Å². The number of ether oxygens (including phenoxy) is 1. The summed E-state index contributed by atoms with van der Waals surface area (Å²) in [5, 5.41) is 0. The zero-order chi connectivity index (χ0) is 12.1. The quantitative estimate of drug-likeness (QED) is 0.712. The van der Waals surface area contributed by atoms with Crippen LogP contribution in [0.4, 0.5) is 0 Å². The van der Waals surface area contributed by atoms with Gasteiger partial charge in [0.25, 0.3) is 0 Å². The van der Waals surface area contributed by atoms with Gasteiger partial charge in [-0.25, -0.2) is 0 Å². The summed E-state index contributed by atoms with van der Waals surface area (Å²) in [6.07, 6.45) is 0.422. The third-order valence-electron chi connectivity index (χ3n) is 2.90. The summed E-state index contributed by atoms with van der Waals surface area (Å²) >= 11 is 0. The van der Waals surface area contributed by atoms with Crippen LogP contribution in [0.15, 0.2) is 18.2 Å². The summed E-state index contributed by atoms with van der Waals surface area (Å²) < 4.78 is 5.45. The first-order chi connectivity index (χ1) is 7.61. The molecule has 0 aliphatic carbocycles. The van der Waals surface area contributed by atoms with E-state index in [9.17, 15) is 4.79 Å². The molecule has 1 aromatic rings. The van der Waals surface area contributed by atoms with E-state index in [2.05, 4.69) is 0 Å². The highest BCUT2D eigenvalue weighted by Gasteiger charge is 2.20. The van der Waals surface area contributed by atoms with E-state index >= 15 is 0 Å². The Morgan fingerprint density at radius 2 is 2.00 bits per heavy atom. The van der Waals surface area contributed by atoms with E-state index < -0.39 is 0 Å². The topological polar surface area (TPSA) is 26.3 Å². The van der Waals surface area contributed by atoms with Crippen LogP contribution in [0.5, 0.6) is 0 Å². The number of rotatable bonds is 5. The lowest BCUT2D eigenvalue weighted by Gasteiger charge is -2.15. The molecule has 0 saturated carbocycles. The lowest BCUT2D eigenvalue weighted by atomic mass is 9.96. The van der Waals surface area contributed by atoms with Gasteiger partial charge in [0.15, 0.2) is 5.78 Å². The van der Waals surface area contributed by atoms with Gasteiger partial charge in [0.05, 0.1) is 0 Å². The van der Waals surface area contributed by atoms with E-state index in [0.717, 1.165) is 23.1 Å². The molecule has 2 nitrogen and oxygen atoms in total. The SMILES string of the molecule is CCOC(CC)C(=O)c1cccc(C)c1C. The van der Waals surface area contributed by atoms with Crippen molar-refractivity contribution in [2.75, 3.05) is 6.61 Å². The molecule has 1 aromatic carbocycles. The number of carbonyl (C=O) groups is 1. The average Bonchev–Trinajstić information content (AvgIpc) is 2.29. The summed E-state index contributed by atoms with van der Waals surface area (Å²) in [5.74, 6) is 0.102. The number of hydrogen-bond acceptors (Lipinski definition) is 2. The Labute approximate surface area is 97.6 Å². The highest BCUT2D eigenvalue weighted by Crippen LogP contribution is 2.17. The van der Waals surface area contributed by atoms with Gasteiger partial charge >= 0.3 is 0 Å². The summed E-state index contributed by atoms with van der Waals surface area (Å²) in [6, 6.07) is 5.83. The first kappa shape index (κ1) is 12.9. The maximum Gasteiger partial charge on any atom is 0.191 e. The van der Waals surface area contributed by atoms with Gasteiger partial charge in [0, 0.05) is 12.2 Å². The first-order valence-electron chi connectivity index (χ1n) is 5.83. The van der Waals surface area contributed by atoms with Crippen molar-refractivity contribution in [1.82, 2.24) is 0 Å². The lowest BCUT2D eigenvalue weighted by molar-refractivity contribution is 0.0443. The van der Waals surface area contributed by atoms with Gasteiger partial charge in [-0.05, 0) is 38.3 Å². The van der Waals surface area contributed by atoms with E-state index in [1.54, 1.807) is 0 Å². The molecule has 0 spiro atoms. The first-order valence-corrected chi connectivity index (χ1v) is 5.83. The molecule has 2 heteroatoms. The number of aryl methyl sites for hydroxylation is 1. The Kier molecular flexibility index (Phi) is 4.69. The number of Topliss-reactive ketones (excluding diaryl/α,β-unsaturated/α-hetero) is 1. The highest BCUT2D eigenvalue weighted by atomic mass is 16.5. The van der Waals surface area contributed by atoms with E-state index in [-0.39, 0.29) is 11.9 Å².